The third kappa shape index (κ3) is 3.51. The van der Waals surface area contributed by atoms with Crippen molar-refractivity contribution in [1.82, 2.24) is 0 Å². The van der Waals surface area contributed by atoms with E-state index in [0.29, 0.717) is 11.3 Å². The first-order valence-corrected chi connectivity index (χ1v) is 7.06. The summed E-state index contributed by atoms with van der Waals surface area (Å²) in [4.78, 5) is 35.7. The van der Waals surface area contributed by atoms with Crippen LogP contribution in [0.25, 0.3) is 0 Å². The Hall–Kier alpha value is -2.21. The number of ketones is 2. The molecule has 0 spiro atoms. The quantitative estimate of drug-likeness (QED) is 0.586. The minimum atomic E-state index is -0.985. The Balaban J connectivity index is 2.11. The molecular weight excluding hydrogens is 288 g/mol. The van der Waals surface area contributed by atoms with Gasteiger partial charge in [0.25, 0.3) is 0 Å². The highest BCUT2D eigenvalue weighted by Gasteiger charge is 2.37. The maximum Gasteiger partial charge on any atom is 0.313 e. The minimum absolute atomic E-state index is 0.0318. The van der Waals surface area contributed by atoms with Crippen LogP contribution in [0.1, 0.15) is 30.1 Å². The predicted molar refractivity (Wildman–Crippen MR) is 76.9 cm³/mol. The van der Waals surface area contributed by atoms with Crippen molar-refractivity contribution in [1.29, 1.82) is 0 Å². The Bertz CT molecular complexity index is 580. The molecule has 2 rings (SSSR count). The number of hydrogen-bond acceptors (Lipinski definition) is 6. The van der Waals surface area contributed by atoms with Crippen LogP contribution in [0.4, 0.5) is 0 Å². The monoisotopic (exact) mass is 306 g/mol. The summed E-state index contributed by atoms with van der Waals surface area (Å²) in [5.74, 6) is -0.761. The van der Waals surface area contributed by atoms with E-state index in [1.165, 1.54) is 7.11 Å². The van der Waals surface area contributed by atoms with Crippen molar-refractivity contribution < 1.29 is 28.6 Å². The second kappa shape index (κ2) is 7.17. The number of carbonyl (C=O) groups is 3. The molecule has 0 N–H and O–H groups in total. The zero-order chi connectivity index (χ0) is 16.1. The second-order valence-electron chi connectivity index (χ2n) is 4.88. The average Bonchev–Trinajstić information content (AvgIpc) is 2.48. The van der Waals surface area contributed by atoms with Crippen LogP contribution in [0.15, 0.2) is 24.3 Å². The molecule has 6 heteroatoms. The summed E-state index contributed by atoms with van der Waals surface area (Å²) in [7, 11) is 1.35. The molecule has 1 aliphatic heterocycles. The van der Waals surface area contributed by atoms with Gasteiger partial charge in [-0.25, -0.2) is 0 Å². The van der Waals surface area contributed by atoms with E-state index in [9.17, 15) is 14.4 Å². The molecule has 1 aromatic rings. The molecule has 2 unspecified atom stereocenters. The van der Waals surface area contributed by atoms with Crippen LogP contribution < -0.4 is 4.74 Å². The molecule has 1 aliphatic rings. The summed E-state index contributed by atoms with van der Waals surface area (Å²) in [5.41, 5.74) is 0.492. The van der Waals surface area contributed by atoms with Gasteiger partial charge in [-0.3, -0.25) is 14.4 Å². The summed E-state index contributed by atoms with van der Waals surface area (Å²) in [6.45, 7) is 1.87. The summed E-state index contributed by atoms with van der Waals surface area (Å²) < 4.78 is 15.6. The summed E-state index contributed by atoms with van der Waals surface area (Å²) in [6.07, 6.45) is -2.09. The smallest absolute Gasteiger partial charge is 0.313 e. The maximum absolute atomic E-state index is 12.2. The van der Waals surface area contributed by atoms with Crippen molar-refractivity contribution in [2.24, 2.45) is 0 Å². The number of rotatable bonds is 6. The third-order valence-electron chi connectivity index (χ3n) is 3.39. The van der Waals surface area contributed by atoms with Crippen LogP contribution in [0.2, 0.25) is 0 Å². The van der Waals surface area contributed by atoms with Crippen molar-refractivity contribution in [3.8, 4) is 5.75 Å². The summed E-state index contributed by atoms with van der Waals surface area (Å²) in [6, 6.07) is 6.84. The molecule has 1 heterocycles. The lowest BCUT2D eigenvalue weighted by atomic mass is 9.95. The largest absolute Gasteiger partial charge is 0.486 e. The van der Waals surface area contributed by atoms with Crippen LogP contribution in [0, 0.1) is 0 Å². The number of benzene rings is 1. The zero-order valence-electron chi connectivity index (χ0n) is 12.5. The minimum Gasteiger partial charge on any atom is -0.486 e. The van der Waals surface area contributed by atoms with E-state index in [1.807, 2.05) is 0 Å². The topological polar surface area (TPSA) is 78.9 Å². The fourth-order valence-corrected chi connectivity index (χ4v) is 2.41. The number of methoxy groups -OCH3 is 1. The van der Waals surface area contributed by atoms with Gasteiger partial charge in [-0.15, -0.1) is 0 Å². The Kier molecular flexibility index (Phi) is 5.27. The van der Waals surface area contributed by atoms with Crippen LogP contribution in [0.5, 0.6) is 5.75 Å². The molecule has 0 aliphatic carbocycles. The first-order valence-electron chi connectivity index (χ1n) is 7.06. The first-order chi connectivity index (χ1) is 10.6. The van der Waals surface area contributed by atoms with E-state index in [0.717, 1.165) is 0 Å². The lowest BCUT2D eigenvalue weighted by Crippen LogP contribution is -2.44. The van der Waals surface area contributed by atoms with Gasteiger partial charge in [-0.1, -0.05) is 12.1 Å². The molecule has 2 atom stereocenters. The van der Waals surface area contributed by atoms with E-state index >= 15 is 0 Å². The number of carbonyl (C=O) groups excluding carboxylic acids is 3. The van der Waals surface area contributed by atoms with Crippen LogP contribution >= 0.6 is 0 Å². The van der Waals surface area contributed by atoms with Gasteiger partial charge in [-0.2, -0.15) is 0 Å². The van der Waals surface area contributed by atoms with Crippen molar-refractivity contribution in [2.75, 3.05) is 13.7 Å². The molecule has 6 nitrogen and oxygen atoms in total. The van der Waals surface area contributed by atoms with Gasteiger partial charge in [0.15, 0.2) is 17.7 Å². The molecule has 0 saturated carbocycles. The van der Waals surface area contributed by atoms with Crippen LogP contribution in [-0.4, -0.2) is 43.5 Å². The average molecular weight is 306 g/mol. The van der Waals surface area contributed by atoms with Gasteiger partial charge in [0.1, 0.15) is 18.3 Å². The standard InChI is InChI=1S/C16H18O6/c1-3-21-15(19)9-12(18)16(20-2)14-8-11(17)10-6-4-5-7-13(10)22-14/h4-7,14,16H,3,8-9H2,1-2H3. The number of hydrogen-bond donors (Lipinski definition) is 0. The fraction of sp³-hybridized carbons (Fsp3) is 0.438. The molecule has 118 valence electrons. The Labute approximate surface area is 128 Å². The maximum atomic E-state index is 12.2. The van der Waals surface area contributed by atoms with E-state index in [4.69, 9.17) is 14.2 Å². The Morgan fingerprint density at radius 1 is 1.36 bits per heavy atom. The lowest BCUT2D eigenvalue weighted by molar-refractivity contribution is -0.149. The highest BCUT2D eigenvalue weighted by Crippen LogP contribution is 2.29. The lowest BCUT2D eigenvalue weighted by Gasteiger charge is -2.29. The molecular formula is C16H18O6. The van der Waals surface area contributed by atoms with Crippen molar-refractivity contribution >= 4 is 17.5 Å². The predicted octanol–water partition coefficient (Wildman–Crippen LogP) is 1.56. The summed E-state index contributed by atoms with van der Waals surface area (Å²) >= 11 is 0. The highest BCUT2D eigenvalue weighted by molar-refractivity contribution is 6.02. The van der Waals surface area contributed by atoms with Gasteiger partial charge in [0.2, 0.25) is 0 Å². The van der Waals surface area contributed by atoms with E-state index in [1.54, 1.807) is 31.2 Å². The van der Waals surface area contributed by atoms with Crippen LogP contribution in [-0.2, 0) is 19.1 Å². The molecule has 0 radical (unpaired) electrons. The molecule has 0 bridgehead atoms. The van der Waals surface area contributed by atoms with Gasteiger partial charge in [-0.05, 0) is 19.1 Å². The highest BCUT2D eigenvalue weighted by atomic mass is 16.5. The number of para-hydroxylation sites is 1. The normalized spacial score (nSPS) is 18.1. The van der Waals surface area contributed by atoms with Gasteiger partial charge < -0.3 is 14.2 Å². The van der Waals surface area contributed by atoms with Gasteiger partial charge in [0.05, 0.1) is 18.6 Å². The number of esters is 1. The van der Waals surface area contributed by atoms with E-state index < -0.39 is 30.4 Å². The van der Waals surface area contributed by atoms with Crippen molar-refractivity contribution in [3.05, 3.63) is 29.8 Å². The van der Waals surface area contributed by atoms with Gasteiger partial charge in [0, 0.05) is 7.11 Å². The number of fused-ring (bicyclic) bond motifs is 1. The van der Waals surface area contributed by atoms with Gasteiger partial charge >= 0.3 is 5.97 Å². The molecule has 0 saturated heterocycles. The first kappa shape index (κ1) is 16.2. The molecule has 0 aromatic heterocycles. The summed E-state index contributed by atoms with van der Waals surface area (Å²) in [5, 5.41) is 0. The van der Waals surface area contributed by atoms with E-state index in [2.05, 4.69) is 0 Å². The molecule has 1 aromatic carbocycles. The molecule has 0 fully saturated rings. The Morgan fingerprint density at radius 2 is 2.09 bits per heavy atom. The SMILES string of the molecule is CCOC(=O)CC(=O)C(OC)C1CC(=O)c2ccccc2O1. The Morgan fingerprint density at radius 3 is 2.77 bits per heavy atom. The number of ether oxygens (including phenoxy) is 3. The van der Waals surface area contributed by atoms with Crippen LogP contribution in [0.3, 0.4) is 0 Å². The molecule has 22 heavy (non-hydrogen) atoms. The molecule has 0 amide bonds. The number of Topliss-reactive ketones (excluding diaryl/α,β-unsaturated/α-hetero) is 2. The fourth-order valence-electron chi connectivity index (χ4n) is 2.41. The zero-order valence-corrected chi connectivity index (χ0v) is 12.5. The van der Waals surface area contributed by atoms with Crippen molar-refractivity contribution in [3.63, 3.8) is 0 Å². The van der Waals surface area contributed by atoms with Crippen molar-refractivity contribution in [2.45, 2.75) is 32.0 Å². The third-order valence-corrected chi connectivity index (χ3v) is 3.39. The van der Waals surface area contributed by atoms with E-state index in [-0.39, 0.29) is 18.8 Å². The second-order valence-corrected chi connectivity index (χ2v) is 4.88.